The third kappa shape index (κ3) is 3.46. The number of amides is 1. The highest BCUT2D eigenvalue weighted by Gasteiger charge is 2.34. The van der Waals surface area contributed by atoms with Gasteiger partial charge in [-0.25, -0.2) is 0 Å². The van der Waals surface area contributed by atoms with E-state index in [1.807, 2.05) is 0 Å². The molecule has 0 radical (unpaired) electrons. The maximum atomic E-state index is 12.9. The van der Waals surface area contributed by atoms with Crippen LogP contribution in [0.15, 0.2) is 52.9 Å². The van der Waals surface area contributed by atoms with Crippen LogP contribution in [0.2, 0.25) is 5.02 Å². The number of nitro groups is 1. The Balaban J connectivity index is 1.56. The van der Waals surface area contributed by atoms with Gasteiger partial charge in [-0.1, -0.05) is 11.6 Å². The first-order valence-corrected chi connectivity index (χ1v) is 9.05. The number of carbonyl (C=O) groups excluding carboxylic acids is 1. The molecule has 9 heteroatoms. The third-order valence-electron chi connectivity index (χ3n) is 4.66. The SMILES string of the molecule is O=C(c1ccc([N+](=O)[O-])cc1)N1CCCC1c1nnc(-c2ccc(Cl)cc2)o1. The van der Waals surface area contributed by atoms with Crippen LogP contribution in [0.25, 0.3) is 11.5 Å². The summed E-state index contributed by atoms with van der Waals surface area (Å²) in [7, 11) is 0. The summed E-state index contributed by atoms with van der Waals surface area (Å²) >= 11 is 5.90. The molecule has 1 aromatic heterocycles. The van der Waals surface area contributed by atoms with Crippen molar-refractivity contribution >= 4 is 23.2 Å². The fourth-order valence-electron chi connectivity index (χ4n) is 3.24. The number of rotatable bonds is 4. The summed E-state index contributed by atoms with van der Waals surface area (Å²) < 4.78 is 5.81. The molecule has 1 amide bonds. The number of halogens is 1. The van der Waals surface area contributed by atoms with E-state index in [1.165, 1.54) is 24.3 Å². The van der Waals surface area contributed by atoms with Crippen molar-refractivity contribution in [2.45, 2.75) is 18.9 Å². The molecule has 0 N–H and O–H groups in total. The van der Waals surface area contributed by atoms with E-state index in [4.69, 9.17) is 16.0 Å². The number of hydrogen-bond donors (Lipinski definition) is 0. The Kier molecular flexibility index (Phi) is 4.79. The quantitative estimate of drug-likeness (QED) is 0.480. The van der Waals surface area contributed by atoms with E-state index >= 15 is 0 Å². The van der Waals surface area contributed by atoms with Crippen LogP contribution in [0.3, 0.4) is 0 Å². The molecule has 4 rings (SSSR count). The zero-order valence-electron chi connectivity index (χ0n) is 14.6. The predicted octanol–water partition coefficient (Wildman–Crippen LogP) is 4.28. The molecule has 2 aromatic carbocycles. The Labute approximate surface area is 164 Å². The highest BCUT2D eigenvalue weighted by atomic mass is 35.5. The fraction of sp³-hybridized carbons (Fsp3) is 0.211. The van der Waals surface area contributed by atoms with Crippen LogP contribution in [-0.2, 0) is 0 Å². The lowest BCUT2D eigenvalue weighted by Gasteiger charge is -2.22. The second kappa shape index (κ2) is 7.40. The van der Waals surface area contributed by atoms with Gasteiger partial charge < -0.3 is 9.32 Å². The second-order valence-electron chi connectivity index (χ2n) is 6.41. The molecule has 1 unspecified atom stereocenters. The van der Waals surface area contributed by atoms with E-state index < -0.39 is 4.92 Å². The average Bonchev–Trinajstić information content (AvgIpc) is 3.37. The molecule has 0 spiro atoms. The highest BCUT2D eigenvalue weighted by molar-refractivity contribution is 6.30. The summed E-state index contributed by atoms with van der Waals surface area (Å²) in [6, 6.07) is 12.3. The van der Waals surface area contributed by atoms with Gasteiger partial charge in [0.05, 0.1) is 4.92 Å². The molecule has 1 aliphatic heterocycles. The van der Waals surface area contributed by atoms with Gasteiger partial charge in [-0.3, -0.25) is 14.9 Å². The van der Waals surface area contributed by atoms with E-state index in [9.17, 15) is 14.9 Å². The van der Waals surface area contributed by atoms with Gasteiger partial charge in [-0.2, -0.15) is 0 Å². The normalized spacial score (nSPS) is 16.3. The largest absolute Gasteiger partial charge is 0.418 e. The van der Waals surface area contributed by atoms with E-state index in [1.54, 1.807) is 29.2 Å². The molecular formula is C19H15ClN4O4. The second-order valence-corrected chi connectivity index (χ2v) is 6.85. The fourth-order valence-corrected chi connectivity index (χ4v) is 3.36. The Morgan fingerprint density at radius 1 is 1.14 bits per heavy atom. The van der Waals surface area contributed by atoms with Gasteiger partial charge in [0.15, 0.2) is 0 Å². The summed E-state index contributed by atoms with van der Waals surface area (Å²) in [5, 5.41) is 19.6. The maximum absolute atomic E-state index is 12.9. The van der Waals surface area contributed by atoms with Crippen LogP contribution in [0, 0.1) is 10.1 Å². The molecule has 1 atom stereocenters. The molecule has 1 fully saturated rings. The first kappa shape index (κ1) is 18.1. The summed E-state index contributed by atoms with van der Waals surface area (Å²) in [5.74, 6) is 0.516. The van der Waals surface area contributed by atoms with Crippen LogP contribution in [0.5, 0.6) is 0 Å². The minimum atomic E-state index is -0.496. The first-order valence-electron chi connectivity index (χ1n) is 8.68. The topological polar surface area (TPSA) is 102 Å². The lowest BCUT2D eigenvalue weighted by molar-refractivity contribution is -0.384. The van der Waals surface area contributed by atoms with Gasteiger partial charge >= 0.3 is 0 Å². The number of benzene rings is 2. The summed E-state index contributed by atoms with van der Waals surface area (Å²) in [6.45, 7) is 0.555. The van der Waals surface area contributed by atoms with Gasteiger partial charge in [-0.05, 0) is 49.2 Å². The van der Waals surface area contributed by atoms with E-state index in [-0.39, 0.29) is 17.6 Å². The minimum absolute atomic E-state index is 0.0565. The van der Waals surface area contributed by atoms with Crippen molar-refractivity contribution in [2.75, 3.05) is 6.54 Å². The molecule has 1 aliphatic rings. The number of hydrogen-bond acceptors (Lipinski definition) is 6. The Morgan fingerprint density at radius 3 is 2.54 bits per heavy atom. The van der Waals surface area contributed by atoms with Crippen molar-refractivity contribution in [3.63, 3.8) is 0 Å². The molecule has 3 aromatic rings. The van der Waals surface area contributed by atoms with E-state index in [2.05, 4.69) is 10.2 Å². The van der Waals surface area contributed by atoms with Crippen molar-refractivity contribution < 1.29 is 14.1 Å². The number of carbonyl (C=O) groups is 1. The average molecular weight is 399 g/mol. The molecule has 1 saturated heterocycles. The van der Waals surface area contributed by atoms with Gasteiger partial charge in [0.25, 0.3) is 11.6 Å². The minimum Gasteiger partial charge on any atom is -0.418 e. The maximum Gasteiger partial charge on any atom is 0.269 e. The molecule has 0 aliphatic carbocycles. The Bertz CT molecular complexity index is 1020. The van der Waals surface area contributed by atoms with Crippen LogP contribution in [-0.4, -0.2) is 32.5 Å². The van der Waals surface area contributed by atoms with Gasteiger partial charge in [0, 0.05) is 34.8 Å². The molecular weight excluding hydrogens is 384 g/mol. The highest BCUT2D eigenvalue weighted by Crippen LogP contribution is 2.34. The zero-order chi connectivity index (χ0) is 19.7. The summed E-state index contributed by atoms with van der Waals surface area (Å²) in [6.07, 6.45) is 1.52. The van der Waals surface area contributed by atoms with Crippen molar-refractivity contribution in [2.24, 2.45) is 0 Å². The van der Waals surface area contributed by atoms with Crippen LogP contribution in [0.4, 0.5) is 5.69 Å². The number of non-ortho nitro benzene ring substituents is 1. The lowest BCUT2D eigenvalue weighted by atomic mass is 10.1. The predicted molar refractivity (Wildman–Crippen MR) is 101 cm³/mol. The number of aromatic nitrogens is 2. The first-order chi connectivity index (χ1) is 13.5. The number of nitro benzene ring substituents is 1. The van der Waals surface area contributed by atoms with Gasteiger partial charge in [0.1, 0.15) is 6.04 Å². The lowest BCUT2D eigenvalue weighted by Crippen LogP contribution is -2.30. The molecule has 2 heterocycles. The standard InChI is InChI=1S/C19H15ClN4O4/c20-14-7-3-12(4-8-14)17-21-22-18(28-17)16-2-1-11-23(16)19(25)13-5-9-15(10-6-13)24(26)27/h3-10,16H,1-2,11H2. The molecule has 28 heavy (non-hydrogen) atoms. The third-order valence-corrected chi connectivity index (χ3v) is 4.91. The van der Waals surface area contributed by atoms with Gasteiger partial charge in [-0.15, -0.1) is 10.2 Å². The van der Waals surface area contributed by atoms with Crippen molar-refractivity contribution in [1.29, 1.82) is 0 Å². The van der Waals surface area contributed by atoms with Crippen LogP contribution < -0.4 is 0 Å². The molecule has 142 valence electrons. The van der Waals surface area contributed by atoms with Crippen molar-refractivity contribution in [1.82, 2.24) is 15.1 Å². The number of nitrogens with zero attached hydrogens (tertiary/aromatic N) is 4. The zero-order valence-corrected chi connectivity index (χ0v) is 15.4. The smallest absolute Gasteiger partial charge is 0.269 e. The number of likely N-dealkylation sites (tertiary alicyclic amines) is 1. The van der Waals surface area contributed by atoms with Gasteiger partial charge in [0.2, 0.25) is 11.8 Å². The van der Waals surface area contributed by atoms with E-state index in [0.29, 0.717) is 35.3 Å². The Morgan fingerprint density at radius 2 is 1.86 bits per heavy atom. The van der Waals surface area contributed by atoms with Crippen LogP contribution >= 0.6 is 11.6 Å². The molecule has 0 bridgehead atoms. The molecule has 0 saturated carbocycles. The summed E-state index contributed by atoms with van der Waals surface area (Å²) in [4.78, 5) is 24.8. The van der Waals surface area contributed by atoms with E-state index in [0.717, 1.165) is 12.0 Å². The van der Waals surface area contributed by atoms with Crippen molar-refractivity contribution in [3.05, 3.63) is 75.1 Å². The molecule has 8 nitrogen and oxygen atoms in total. The monoisotopic (exact) mass is 398 g/mol. The summed E-state index contributed by atoms with van der Waals surface area (Å²) in [5.41, 5.74) is 1.07. The van der Waals surface area contributed by atoms with Crippen LogP contribution in [0.1, 0.15) is 35.1 Å². The Hall–Kier alpha value is -3.26. The van der Waals surface area contributed by atoms with Crippen molar-refractivity contribution in [3.8, 4) is 11.5 Å².